The minimum absolute atomic E-state index is 0.0348. The molecule has 0 unspecified atom stereocenters. The van der Waals surface area contributed by atoms with Crippen LogP contribution >= 0.6 is 0 Å². The van der Waals surface area contributed by atoms with Gasteiger partial charge in [0, 0.05) is 17.8 Å². The third-order valence-corrected chi connectivity index (χ3v) is 2.40. The molecule has 0 saturated carbocycles. The van der Waals surface area contributed by atoms with E-state index < -0.39 is 0 Å². The summed E-state index contributed by atoms with van der Waals surface area (Å²) < 4.78 is 9.90. The normalized spacial score (nSPS) is 12.9. The van der Waals surface area contributed by atoms with Gasteiger partial charge < -0.3 is 14.8 Å². The summed E-state index contributed by atoms with van der Waals surface area (Å²) in [6, 6.07) is 5.78. The van der Waals surface area contributed by atoms with Crippen LogP contribution < -0.4 is 10.1 Å². The molecule has 1 aliphatic rings. The van der Waals surface area contributed by atoms with Crippen molar-refractivity contribution in [3.8, 4) is 5.75 Å². The van der Waals surface area contributed by atoms with Gasteiger partial charge in [0.2, 0.25) is 0 Å². The second kappa shape index (κ2) is 4.21. The summed E-state index contributed by atoms with van der Waals surface area (Å²) in [5, 5.41) is 3.25. The first-order chi connectivity index (χ1) is 7.31. The highest BCUT2D eigenvalue weighted by Crippen LogP contribution is 2.30. The maximum atomic E-state index is 10.9. The summed E-state index contributed by atoms with van der Waals surface area (Å²) in [6.45, 7) is 0.890. The van der Waals surface area contributed by atoms with Crippen molar-refractivity contribution in [1.29, 1.82) is 0 Å². The molecule has 1 aromatic carbocycles. The molecule has 0 radical (unpaired) electrons. The Morgan fingerprint density at radius 2 is 2.40 bits per heavy atom. The van der Waals surface area contributed by atoms with E-state index in [1.54, 1.807) is 0 Å². The van der Waals surface area contributed by atoms with Crippen molar-refractivity contribution in [2.24, 2.45) is 0 Å². The van der Waals surface area contributed by atoms with Crippen molar-refractivity contribution < 1.29 is 14.3 Å². The molecule has 4 nitrogen and oxygen atoms in total. The fourth-order valence-electron chi connectivity index (χ4n) is 1.64. The fourth-order valence-corrected chi connectivity index (χ4v) is 1.64. The van der Waals surface area contributed by atoms with Gasteiger partial charge in [-0.3, -0.25) is 0 Å². The van der Waals surface area contributed by atoms with Gasteiger partial charge in [-0.1, -0.05) is 6.07 Å². The second-order valence-electron chi connectivity index (χ2n) is 3.32. The molecule has 0 saturated heterocycles. The molecule has 4 heteroatoms. The Morgan fingerprint density at radius 1 is 1.53 bits per heavy atom. The van der Waals surface area contributed by atoms with Gasteiger partial charge in [-0.25, -0.2) is 4.79 Å². The van der Waals surface area contributed by atoms with Gasteiger partial charge in [0.1, 0.15) is 5.75 Å². The molecule has 1 heterocycles. The zero-order valence-electron chi connectivity index (χ0n) is 8.58. The molecule has 2 rings (SSSR count). The Hall–Kier alpha value is -1.71. The maximum absolute atomic E-state index is 10.9. The van der Waals surface area contributed by atoms with Gasteiger partial charge in [0.05, 0.1) is 7.11 Å². The highest BCUT2D eigenvalue weighted by molar-refractivity contribution is 5.71. The number of hydrogen-bond donors (Lipinski definition) is 1. The first-order valence-electron chi connectivity index (χ1n) is 4.86. The molecule has 0 fully saturated rings. The molecule has 0 aromatic heterocycles. The summed E-state index contributed by atoms with van der Waals surface area (Å²) in [5.74, 6) is 0.404. The van der Waals surface area contributed by atoms with Crippen LogP contribution in [-0.4, -0.2) is 26.2 Å². The summed E-state index contributed by atoms with van der Waals surface area (Å²) in [7, 11) is 1.35. The molecule has 1 aromatic rings. The van der Waals surface area contributed by atoms with Crippen LogP contribution in [0.2, 0.25) is 0 Å². The lowest BCUT2D eigenvalue weighted by atomic mass is 10.1. The van der Waals surface area contributed by atoms with Crippen molar-refractivity contribution in [2.45, 2.75) is 6.42 Å². The standard InChI is InChI=1S/C11H13NO3/c1-14-11(13)7-15-10-4-2-3-9-8(10)5-6-12-9/h2-4,12H,5-7H2,1H3. The predicted molar refractivity (Wildman–Crippen MR) is 56.1 cm³/mol. The average molecular weight is 207 g/mol. The lowest BCUT2D eigenvalue weighted by Gasteiger charge is -2.08. The number of carbonyl (C=O) groups is 1. The Kier molecular flexibility index (Phi) is 2.76. The SMILES string of the molecule is COC(=O)COc1cccc2c1CCN2. The molecule has 0 spiro atoms. The van der Waals surface area contributed by atoms with E-state index >= 15 is 0 Å². The quantitative estimate of drug-likeness (QED) is 0.757. The topological polar surface area (TPSA) is 47.6 Å². The summed E-state index contributed by atoms with van der Waals surface area (Å²) >= 11 is 0. The zero-order chi connectivity index (χ0) is 10.7. The van der Waals surface area contributed by atoms with Crippen molar-refractivity contribution in [1.82, 2.24) is 0 Å². The minimum atomic E-state index is -0.362. The van der Waals surface area contributed by atoms with Crippen LogP contribution in [0.4, 0.5) is 5.69 Å². The van der Waals surface area contributed by atoms with Crippen molar-refractivity contribution in [3.05, 3.63) is 23.8 Å². The summed E-state index contributed by atoms with van der Waals surface area (Å²) in [4.78, 5) is 10.9. The molecule has 0 aliphatic carbocycles. The second-order valence-corrected chi connectivity index (χ2v) is 3.32. The number of hydrogen-bond acceptors (Lipinski definition) is 4. The first-order valence-corrected chi connectivity index (χ1v) is 4.86. The van der Waals surface area contributed by atoms with Gasteiger partial charge in [-0.15, -0.1) is 0 Å². The number of rotatable bonds is 3. The number of methoxy groups -OCH3 is 1. The average Bonchev–Trinajstić information content (AvgIpc) is 2.74. The number of benzene rings is 1. The van der Waals surface area contributed by atoms with E-state index in [0.717, 1.165) is 30.0 Å². The lowest BCUT2D eigenvalue weighted by molar-refractivity contribution is -0.142. The molecule has 1 N–H and O–H groups in total. The van der Waals surface area contributed by atoms with E-state index in [2.05, 4.69) is 10.1 Å². The Bertz CT molecular complexity index is 376. The van der Waals surface area contributed by atoms with Crippen LogP contribution in [0.3, 0.4) is 0 Å². The van der Waals surface area contributed by atoms with Crippen LogP contribution in [-0.2, 0) is 16.0 Å². The van der Waals surface area contributed by atoms with Crippen molar-refractivity contribution >= 4 is 11.7 Å². The molecule has 15 heavy (non-hydrogen) atoms. The van der Waals surface area contributed by atoms with Gasteiger partial charge in [0.15, 0.2) is 6.61 Å². The molecule has 0 amide bonds. The summed E-state index contributed by atoms with van der Waals surface area (Å²) in [6.07, 6.45) is 0.937. The minimum Gasteiger partial charge on any atom is -0.482 e. The highest BCUT2D eigenvalue weighted by atomic mass is 16.6. The summed E-state index contributed by atoms with van der Waals surface area (Å²) in [5.41, 5.74) is 2.23. The van der Waals surface area contributed by atoms with Crippen LogP contribution in [0.1, 0.15) is 5.56 Å². The third kappa shape index (κ3) is 2.03. The highest BCUT2D eigenvalue weighted by Gasteiger charge is 2.15. The molecular formula is C11H13NO3. The molecule has 0 atom stereocenters. The first kappa shape index (κ1) is 9.83. The van der Waals surface area contributed by atoms with E-state index in [4.69, 9.17) is 4.74 Å². The number of esters is 1. The number of fused-ring (bicyclic) bond motifs is 1. The number of nitrogens with one attached hydrogen (secondary N) is 1. The van der Waals surface area contributed by atoms with E-state index in [1.165, 1.54) is 7.11 Å². The predicted octanol–water partition coefficient (Wildman–Crippen LogP) is 1.21. The number of carbonyl (C=O) groups excluding carboxylic acids is 1. The van der Waals surface area contributed by atoms with E-state index in [9.17, 15) is 4.79 Å². The van der Waals surface area contributed by atoms with E-state index in [1.807, 2.05) is 18.2 Å². The Morgan fingerprint density at radius 3 is 3.20 bits per heavy atom. The Balaban J connectivity index is 2.09. The van der Waals surface area contributed by atoms with Crippen LogP contribution in [0.25, 0.3) is 0 Å². The largest absolute Gasteiger partial charge is 0.482 e. The molecule has 80 valence electrons. The third-order valence-electron chi connectivity index (χ3n) is 2.40. The van der Waals surface area contributed by atoms with E-state index in [-0.39, 0.29) is 12.6 Å². The lowest BCUT2D eigenvalue weighted by Crippen LogP contribution is -2.13. The zero-order valence-corrected chi connectivity index (χ0v) is 8.58. The maximum Gasteiger partial charge on any atom is 0.343 e. The van der Waals surface area contributed by atoms with Crippen molar-refractivity contribution in [2.75, 3.05) is 25.6 Å². The van der Waals surface area contributed by atoms with Gasteiger partial charge in [-0.05, 0) is 18.6 Å². The van der Waals surface area contributed by atoms with Gasteiger partial charge in [0.25, 0.3) is 0 Å². The van der Waals surface area contributed by atoms with Crippen molar-refractivity contribution in [3.63, 3.8) is 0 Å². The molecule has 0 bridgehead atoms. The smallest absolute Gasteiger partial charge is 0.343 e. The van der Waals surface area contributed by atoms with Gasteiger partial charge in [-0.2, -0.15) is 0 Å². The molecule has 1 aliphatic heterocycles. The fraction of sp³-hybridized carbons (Fsp3) is 0.364. The number of anilines is 1. The van der Waals surface area contributed by atoms with E-state index in [0.29, 0.717) is 0 Å². The number of ether oxygens (including phenoxy) is 2. The van der Waals surface area contributed by atoms with Crippen LogP contribution in [0, 0.1) is 0 Å². The van der Waals surface area contributed by atoms with Crippen LogP contribution in [0.5, 0.6) is 5.75 Å². The Labute approximate surface area is 88.2 Å². The van der Waals surface area contributed by atoms with Gasteiger partial charge >= 0.3 is 5.97 Å². The van der Waals surface area contributed by atoms with Crippen LogP contribution in [0.15, 0.2) is 18.2 Å². The monoisotopic (exact) mass is 207 g/mol. The molecular weight excluding hydrogens is 194 g/mol.